The van der Waals surface area contributed by atoms with Gasteiger partial charge in [0.25, 0.3) is 0 Å². The lowest BCUT2D eigenvalue weighted by Gasteiger charge is -2.15. The zero-order valence-corrected chi connectivity index (χ0v) is 9.54. The van der Waals surface area contributed by atoms with Gasteiger partial charge in [0.1, 0.15) is 0 Å². The van der Waals surface area contributed by atoms with E-state index in [0.717, 1.165) is 25.2 Å². The van der Waals surface area contributed by atoms with Crippen LogP contribution in [-0.4, -0.2) is 16.3 Å². The maximum Gasteiger partial charge on any atom is 0.155 e. The van der Waals surface area contributed by atoms with Crippen LogP contribution < -0.4 is 5.32 Å². The topological polar surface area (TPSA) is 29.9 Å². The van der Waals surface area contributed by atoms with Gasteiger partial charge in [0.15, 0.2) is 5.15 Å². The number of benzene rings is 1. The lowest BCUT2D eigenvalue weighted by molar-refractivity contribution is 0.614. The second-order valence-electron chi connectivity index (χ2n) is 3.89. The Balaban J connectivity index is 2.15. The van der Waals surface area contributed by atoms with Gasteiger partial charge in [-0.2, -0.15) is 5.10 Å². The average Bonchev–Trinajstić information content (AvgIpc) is 2.69. The van der Waals surface area contributed by atoms with E-state index < -0.39 is 0 Å². The van der Waals surface area contributed by atoms with Crippen LogP contribution in [0, 0.1) is 0 Å². The van der Waals surface area contributed by atoms with Crippen LogP contribution in [0.5, 0.6) is 0 Å². The van der Waals surface area contributed by atoms with E-state index >= 15 is 0 Å². The fraction of sp³-hybridized carbons (Fsp3) is 0.250. The molecule has 3 rings (SSSR count). The maximum absolute atomic E-state index is 6.15. The first-order chi connectivity index (χ1) is 7.86. The van der Waals surface area contributed by atoms with Gasteiger partial charge in [0, 0.05) is 12.1 Å². The number of para-hydroxylation sites is 1. The highest BCUT2D eigenvalue weighted by molar-refractivity contribution is 6.30. The molecule has 0 atom stereocenters. The van der Waals surface area contributed by atoms with Gasteiger partial charge in [0.05, 0.1) is 11.4 Å². The second-order valence-corrected chi connectivity index (χ2v) is 4.25. The Morgan fingerprint density at radius 2 is 2.06 bits per heavy atom. The number of nitrogens with one attached hydrogen (secondary N) is 1. The molecule has 16 heavy (non-hydrogen) atoms. The van der Waals surface area contributed by atoms with Crippen molar-refractivity contribution in [2.75, 3.05) is 6.54 Å². The van der Waals surface area contributed by atoms with E-state index in [1.165, 1.54) is 11.3 Å². The van der Waals surface area contributed by atoms with E-state index in [2.05, 4.69) is 10.4 Å². The molecule has 4 heteroatoms. The molecule has 2 heterocycles. The average molecular weight is 234 g/mol. The zero-order valence-electron chi connectivity index (χ0n) is 8.78. The van der Waals surface area contributed by atoms with Crippen LogP contribution in [0.3, 0.4) is 0 Å². The van der Waals surface area contributed by atoms with Gasteiger partial charge in [-0.1, -0.05) is 29.8 Å². The molecule has 1 aromatic heterocycles. The third-order valence-corrected chi connectivity index (χ3v) is 3.19. The van der Waals surface area contributed by atoms with Crippen molar-refractivity contribution in [3.63, 3.8) is 0 Å². The summed E-state index contributed by atoms with van der Waals surface area (Å²) in [6.45, 7) is 1.82. The molecule has 0 saturated carbocycles. The smallest absolute Gasteiger partial charge is 0.155 e. The fourth-order valence-electron chi connectivity index (χ4n) is 2.09. The van der Waals surface area contributed by atoms with Gasteiger partial charge in [-0.25, -0.2) is 4.68 Å². The van der Waals surface area contributed by atoms with Crippen molar-refractivity contribution >= 4 is 11.6 Å². The predicted octanol–water partition coefficient (Wildman–Crippen LogP) is 2.17. The molecular formula is C12H12ClN3. The van der Waals surface area contributed by atoms with Gasteiger partial charge in [-0.3, -0.25) is 0 Å². The van der Waals surface area contributed by atoms with Crippen molar-refractivity contribution in [2.45, 2.75) is 13.0 Å². The molecule has 1 N–H and O–H groups in total. The number of rotatable bonds is 1. The van der Waals surface area contributed by atoms with Crippen molar-refractivity contribution in [2.24, 2.45) is 0 Å². The monoisotopic (exact) mass is 233 g/mol. The molecule has 0 fully saturated rings. The summed E-state index contributed by atoms with van der Waals surface area (Å²) in [4.78, 5) is 0. The van der Waals surface area contributed by atoms with Gasteiger partial charge in [-0.05, 0) is 25.1 Å². The molecule has 82 valence electrons. The number of aromatic nitrogens is 2. The van der Waals surface area contributed by atoms with Crippen LogP contribution in [0.15, 0.2) is 30.3 Å². The summed E-state index contributed by atoms with van der Waals surface area (Å²) in [5.74, 6) is 0. The Bertz CT molecular complexity index is 504. The number of nitrogens with zero attached hydrogens (tertiary/aromatic N) is 2. The zero-order chi connectivity index (χ0) is 11.0. The van der Waals surface area contributed by atoms with E-state index in [4.69, 9.17) is 11.6 Å². The van der Waals surface area contributed by atoms with Crippen molar-refractivity contribution < 1.29 is 0 Å². The molecule has 2 aromatic rings. The largest absolute Gasteiger partial charge is 0.311 e. The van der Waals surface area contributed by atoms with E-state index in [9.17, 15) is 0 Å². The van der Waals surface area contributed by atoms with Crippen LogP contribution in [-0.2, 0) is 13.0 Å². The van der Waals surface area contributed by atoms with Crippen molar-refractivity contribution in [1.29, 1.82) is 0 Å². The predicted molar refractivity (Wildman–Crippen MR) is 64.0 cm³/mol. The number of hydrogen-bond acceptors (Lipinski definition) is 2. The van der Waals surface area contributed by atoms with E-state index in [1.54, 1.807) is 0 Å². The fourth-order valence-corrected chi connectivity index (χ4v) is 2.37. The third kappa shape index (κ3) is 1.52. The molecule has 1 aromatic carbocycles. The molecular weight excluding hydrogens is 222 g/mol. The SMILES string of the molecule is Clc1nn(-c2ccccc2)c2c1CCNC2. The Morgan fingerprint density at radius 3 is 2.88 bits per heavy atom. The third-order valence-electron chi connectivity index (χ3n) is 2.89. The first-order valence-corrected chi connectivity index (χ1v) is 5.76. The minimum absolute atomic E-state index is 0.639. The van der Waals surface area contributed by atoms with Gasteiger partial charge < -0.3 is 5.32 Å². The Hall–Kier alpha value is -1.32. The second kappa shape index (κ2) is 3.92. The standard InChI is InChI=1S/C12H12ClN3/c13-12-10-6-7-14-8-11(10)16(15-12)9-4-2-1-3-5-9/h1-5,14H,6-8H2. The molecule has 0 spiro atoms. The normalized spacial score (nSPS) is 14.8. The van der Waals surface area contributed by atoms with Crippen LogP contribution in [0.25, 0.3) is 5.69 Å². The summed E-state index contributed by atoms with van der Waals surface area (Å²) in [5.41, 5.74) is 3.43. The molecule has 0 saturated heterocycles. The van der Waals surface area contributed by atoms with Gasteiger partial charge in [-0.15, -0.1) is 0 Å². The lowest BCUT2D eigenvalue weighted by Crippen LogP contribution is -2.25. The van der Waals surface area contributed by atoms with Crippen molar-refractivity contribution in [3.05, 3.63) is 46.7 Å². The molecule has 0 amide bonds. The first-order valence-electron chi connectivity index (χ1n) is 5.38. The minimum atomic E-state index is 0.639. The highest BCUT2D eigenvalue weighted by Gasteiger charge is 2.19. The van der Waals surface area contributed by atoms with E-state index in [1.807, 2.05) is 35.0 Å². The molecule has 1 aliphatic heterocycles. The molecule has 3 nitrogen and oxygen atoms in total. The van der Waals surface area contributed by atoms with Crippen molar-refractivity contribution in [3.8, 4) is 5.69 Å². The van der Waals surface area contributed by atoms with E-state index in [0.29, 0.717) is 5.15 Å². The maximum atomic E-state index is 6.15. The van der Waals surface area contributed by atoms with Crippen LogP contribution in [0.2, 0.25) is 5.15 Å². The summed E-state index contributed by atoms with van der Waals surface area (Å²) in [6.07, 6.45) is 0.959. The summed E-state index contributed by atoms with van der Waals surface area (Å²) < 4.78 is 1.93. The van der Waals surface area contributed by atoms with Gasteiger partial charge in [0.2, 0.25) is 0 Å². The van der Waals surface area contributed by atoms with Crippen molar-refractivity contribution in [1.82, 2.24) is 15.1 Å². The molecule has 0 bridgehead atoms. The summed E-state index contributed by atoms with van der Waals surface area (Å²) in [5, 5.41) is 8.39. The van der Waals surface area contributed by atoms with Crippen LogP contribution in [0.4, 0.5) is 0 Å². The number of halogens is 1. The summed E-state index contributed by atoms with van der Waals surface area (Å²) in [6, 6.07) is 10.1. The van der Waals surface area contributed by atoms with E-state index in [-0.39, 0.29) is 0 Å². The molecule has 0 aliphatic carbocycles. The number of fused-ring (bicyclic) bond motifs is 1. The van der Waals surface area contributed by atoms with Crippen LogP contribution in [0.1, 0.15) is 11.3 Å². The quantitative estimate of drug-likeness (QED) is 0.818. The summed E-state index contributed by atoms with van der Waals surface area (Å²) >= 11 is 6.15. The number of hydrogen-bond donors (Lipinski definition) is 1. The summed E-state index contributed by atoms with van der Waals surface area (Å²) in [7, 11) is 0. The Morgan fingerprint density at radius 1 is 1.25 bits per heavy atom. The molecule has 1 aliphatic rings. The molecule has 0 unspecified atom stereocenters. The minimum Gasteiger partial charge on any atom is -0.311 e. The first kappa shape index (κ1) is 9.87. The Labute approximate surface area is 99.0 Å². The Kier molecular flexibility index (Phi) is 2.42. The highest BCUT2D eigenvalue weighted by Crippen LogP contribution is 2.24. The molecule has 0 radical (unpaired) electrons. The van der Waals surface area contributed by atoms with Crippen LogP contribution >= 0.6 is 11.6 Å². The van der Waals surface area contributed by atoms with Gasteiger partial charge >= 0.3 is 0 Å². The highest BCUT2D eigenvalue weighted by atomic mass is 35.5. The lowest BCUT2D eigenvalue weighted by atomic mass is 10.1.